The number of hydrogen-bond acceptors (Lipinski definition) is 4. The largest absolute Gasteiger partial charge is 0.481 e. The van der Waals surface area contributed by atoms with Gasteiger partial charge in [-0.2, -0.15) is 4.98 Å². The monoisotopic (exact) mass is 264 g/mol. The second kappa shape index (κ2) is 4.60. The van der Waals surface area contributed by atoms with Crippen molar-refractivity contribution in [3.63, 3.8) is 0 Å². The van der Waals surface area contributed by atoms with Crippen LogP contribution in [0.2, 0.25) is 0 Å². The van der Waals surface area contributed by atoms with Crippen molar-refractivity contribution in [3.05, 3.63) is 29.6 Å². The molecule has 7 heteroatoms. The summed E-state index contributed by atoms with van der Waals surface area (Å²) < 4.78 is 6.23. The van der Waals surface area contributed by atoms with E-state index in [9.17, 15) is 9.59 Å². The summed E-state index contributed by atoms with van der Waals surface area (Å²) >= 11 is 0. The molecule has 0 aliphatic heterocycles. The van der Waals surface area contributed by atoms with Crippen molar-refractivity contribution in [2.75, 3.05) is 7.11 Å². The predicted octanol–water partition coefficient (Wildman–Crippen LogP) is 1.23. The van der Waals surface area contributed by atoms with Crippen LogP contribution in [-0.2, 0) is 4.79 Å². The van der Waals surface area contributed by atoms with E-state index in [-0.39, 0.29) is 11.6 Å². The van der Waals surface area contributed by atoms with Crippen LogP contribution in [0.5, 0.6) is 5.88 Å². The Morgan fingerprint density at radius 1 is 1.37 bits per heavy atom. The number of nitrogens with zero attached hydrogens (tertiary/aromatic N) is 2. The van der Waals surface area contributed by atoms with E-state index in [2.05, 4.69) is 4.98 Å². The lowest BCUT2D eigenvalue weighted by Gasteiger charge is -2.07. The Kier molecular flexibility index (Phi) is 3.12. The summed E-state index contributed by atoms with van der Waals surface area (Å²) in [6.45, 7) is 1.53. The van der Waals surface area contributed by atoms with E-state index in [0.717, 1.165) is 0 Å². The summed E-state index contributed by atoms with van der Waals surface area (Å²) in [4.78, 5) is 26.2. The maximum atomic E-state index is 11.2. The molecule has 0 fully saturated rings. The summed E-state index contributed by atoms with van der Waals surface area (Å²) in [6.07, 6.45) is 1.45. The first-order valence-corrected chi connectivity index (χ1v) is 5.47. The lowest BCUT2D eigenvalue weighted by molar-refractivity contribution is -0.138. The molecular weight excluding hydrogens is 252 g/mol. The highest BCUT2D eigenvalue weighted by Gasteiger charge is 2.21. The number of hydrogen-bond donors (Lipinski definition) is 2. The molecule has 1 unspecified atom stereocenters. The van der Waals surface area contributed by atoms with Crippen molar-refractivity contribution in [1.82, 2.24) is 9.38 Å². The highest BCUT2D eigenvalue weighted by Crippen LogP contribution is 2.23. The fourth-order valence-electron chi connectivity index (χ4n) is 1.78. The number of carbonyl (C=O) groups is 2. The fourth-order valence-corrected chi connectivity index (χ4v) is 1.78. The molecule has 0 aliphatic rings. The van der Waals surface area contributed by atoms with Crippen molar-refractivity contribution < 1.29 is 24.5 Å². The molecule has 0 aromatic carbocycles. The van der Waals surface area contributed by atoms with Crippen LogP contribution in [0.3, 0.4) is 0 Å². The van der Waals surface area contributed by atoms with E-state index < -0.39 is 17.9 Å². The standard InChI is InChI=1S/C12H12N2O5/c1-6(11(15)16)7-3-4-8-13-10(19-2)9(12(17)18)14(8)5-7/h3-6H,1-2H3,(H,15,16)(H,17,18). The molecular formula is C12H12N2O5. The number of aromatic carboxylic acids is 1. The number of fused-ring (bicyclic) bond motifs is 1. The minimum absolute atomic E-state index is 0.00683. The van der Waals surface area contributed by atoms with Gasteiger partial charge in [-0.1, -0.05) is 6.07 Å². The number of aliphatic carboxylic acids is 1. The van der Waals surface area contributed by atoms with Gasteiger partial charge in [-0.15, -0.1) is 0 Å². The molecule has 19 heavy (non-hydrogen) atoms. The molecule has 0 amide bonds. The summed E-state index contributed by atoms with van der Waals surface area (Å²) in [5.74, 6) is -2.92. The van der Waals surface area contributed by atoms with Gasteiger partial charge in [0.05, 0.1) is 13.0 Å². The average Bonchev–Trinajstić information content (AvgIpc) is 2.74. The maximum Gasteiger partial charge on any atom is 0.358 e. The summed E-state index contributed by atoms with van der Waals surface area (Å²) in [5, 5.41) is 18.1. The van der Waals surface area contributed by atoms with Crippen LogP contribution in [0.15, 0.2) is 18.3 Å². The van der Waals surface area contributed by atoms with Gasteiger partial charge in [-0.05, 0) is 18.6 Å². The molecule has 2 aromatic heterocycles. The van der Waals surface area contributed by atoms with Gasteiger partial charge in [0.1, 0.15) is 5.65 Å². The van der Waals surface area contributed by atoms with Crippen molar-refractivity contribution in [2.24, 2.45) is 0 Å². The first-order chi connectivity index (χ1) is 8.95. The Morgan fingerprint density at radius 2 is 2.05 bits per heavy atom. The number of rotatable bonds is 4. The van der Waals surface area contributed by atoms with Crippen molar-refractivity contribution in [1.29, 1.82) is 0 Å². The average molecular weight is 264 g/mol. The molecule has 0 radical (unpaired) electrons. The Bertz CT molecular complexity index is 661. The second-order valence-corrected chi connectivity index (χ2v) is 4.03. The third-order valence-electron chi connectivity index (χ3n) is 2.88. The molecule has 2 rings (SSSR count). The van der Waals surface area contributed by atoms with Crippen LogP contribution in [-0.4, -0.2) is 38.6 Å². The first kappa shape index (κ1) is 12.9. The van der Waals surface area contributed by atoms with E-state index in [1.165, 1.54) is 24.6 Å². The zero-order valence-corrected chi connectivity index (χ0v) is 10.3. The van der Waals surface area contributed by atoms with Crippen LogP contribution in [0.4, 0.5) is 0 Å². The summed E-state index contributed by atoms with van der Waals surface area (Å²) in [6, 6.07) is 3.16. The number of methoxy groups -OCH3 is 1. The number of imidazole rings is 1. The maximum absolute atomic E-state index is 11.2. The normalized spacial score (nSPS) is 12.3. The Morgan fingerprint density at radius 3 is 2.58 bits per heavy atom. The van der Waals surface area contributed by atoms with Crippen molar-refractivity contribution >= 4 is 17.6 Å². The van der Waals surface area contributed by atoms with E-state index in [4.69, 9.17) is 14.9 Å². The number of aromatic nitrogens is 2. The Balaban J connectivity index is 2.67. The zero-order chi connectivity index (χ0) is 14.2. The molecule has 2 N–H and O–H groups in total. The molecule has 0 saturated heterocycles. The van der Waals surface area contributed by atoms with Crippen LogP contribution >= 0.6 is 0 Å². The molecule has 0 bridgehead atoms. The van der Waals surface area contributed by atoms with E-state index in [0.29, 0.717) is 11.2 Å². The van der Waals surface area contributed by atoms with E-state index >= 15 is 0 Å². The number of ether oxygens (including phenoxy) is 1. The molecule has 1 atom stereocenters. The van der Waals surface area contributed by atoms with Gasteiger partial charge in [0, 0.05) is 6.20 Å². The van der Waals surface area contributed by atoms with Gasteiger partial charge in [0.15, 0.2) is 5.69 Å². The minimum Gasteiger partial charge on any atom is -0.481 e. The van der Waals surface area contributed by atoms with E-state index in [1.54, 1.807) is 12.1 Å². The molecule has 2 heterocycles. The van der Waals surface area contributed by atoms with Gasteiger partial charge < -0.3 is 14.9 Å². The smallest absolute Gasteiger partial charge is 0.358 e. The topological polar surface area (TPSA) is 101 Å². The lowest BCUT2D eigenvalue weighted by atomic mass is 10.0. The van der Waals surface area contributed by atoms with Crippen LogP contribution in [0.25, 0.3) is 5.65 Å². The van der Waals surface area contributed by atoms with Gasteiger partial charge in [0.25, 0.3) is 0 Å². The molecule has 100 valence electrons. The SMILES string of the molecule is COc1nc2ccc(C(C)C(=O)O)cn2c1C(=O)O. The third kappa shape index (κ3) is 2.10. The lowest BCUT2D eigenvalue weighted by Crippen LogP contribution is -2.09. The first-order valence-electron chi connectivity index (χ1n) is 5.47. The number of carboxylic acids is 2. The van der Waals surface area contributed by atoms with Gasteiger partial charge in [-0.3, -0.25) is 9.20 Å². The molecule has 0 aliphatic carbocycles. The highest BCUT2D eigenvalue weighted by atomic mass is 16.5. The Hall–Kier alpha value is -2.57. The fraction of sp³-hybridized carbons (Fsp3) is 0.250. The zero-order valence-electron chi connectivity index (χ0n) is 10.3. The van der Waals surface area contributed by atoms with Gasteiger partial charge in [-0.25, -0.2) is 4.79 Å². The highest BCUT2D eigenvalue weighted by molar-refractivity contribution is 5.90. The van der Waals surface area contributed by atoms with Crippen molar-refractivity contribution in [3.8, 4) is 5.88 Å². The molecule has 7 nitrogen and oxygen atoms in total. The summed E-state index contributed by atoms with van der Waals surface area (Å²) in [5.41, 5.74) is 0.745. The molecule has 0 spiro atoms. The molecule has 2 aromatic rings. The minimum atomic E-state index is -1.19. The molecule has 0 saturated carbocycles. The van der Waals surface area contributed by atoms with E-state index in [1.807, 2.05) is 0 Å². The van der Waals surface area contributed by atoms with Gasteiger partial charge >= 0.3 is 11.9 Å². The quantitative estimate of drug-likeness (QED) is 0.861. The van der Waals surface area contributed by atoms with Crippen LogP contribution in [0, 0.1) is 0 Å². The second-order valence-electron chi connectivity index (χ2n) is 4.03. The third-order valence-corrected chi connectivity index (χ3v) is 2.88. The van der Waals surface area contributed by atoms with Crippen molar-refractivity contribution in [2.45, 2.75) is 12.8 Å². The number of carboxylic acid groups (broad SMARTS) is 2. The van der Waals surface area contributed by atoms with Crippen LogP contribution in [0.1, 0.15) is 28.9 Å². The number of pyridine rings is 1. The van der Waals surface area contributed by atoms with Crippen LogP contribution < -0.4 is 4.74 Å². The Labute approximate surface area is 108 Å². The summed E-state index contributed by atoms with van der Waals surface area (Å²) in [7, 11) is 1.33. The van der Waals surface area contributed by atoms with Gasteiger partial charge in [0.2, 0.25) is 5.88 Å². The predicted molar refractivity (Wildman–Crippen MR) is 64.8 cm³/mol.